The predicted molar refractivity (Wildman–Crippen MR) is 83.4 cm³/mol. The van der Waals surface area contributed by atoms with Crippen molar-refractivity contribution in [3.05, 3.63) is 48.4 Å². The highest BCUT2D eigenvalue weighted by atomic mass is 16.5. The van der Waals surface area contributed by atoms with E-state index in [1.54, 1.807) is 12.4 Å². The molecule has 0 radical (unpaired) electrons. The third kappa shape index (κ3) is 2.97. The van der Waals surface area contributed by atoms with Crippen molar-refractivity contribution in [2.75, 3.05) is 5.32 Å². The molecule has 0 saturated carbocycles. The third-order valence-electron chi connectivity index (χ3n) is 3.12. The van der Waals surface area contributed by atoms with E-state index in [0.717, 1.165) is 22.3 Å². The molecule has 0 saturated heterocycles. The van der Waals surface area contributed by atoms with E-state index < -0.39 is 0 Å². The quantitative estimate of drug-likeness (QED) is 0.753. The SMILES string of the molecule is CC(C)Oc1ncccc1NCc1c[nH]c2ncccc12. The van der Waals surface area contributed by atoms with Gasteiger partial charge in [0.25, 0.3) is 0 Å². The van der Waals surface area contributed by atoms with Gasteiger partial charge >= 0.3 is 0 Å². The van der Waals surface area contributed by atoms with Crippen LogP contribution in [0.1, 0.15) is 19.4 Å². The van der Waals surface area contributed by atoms with E-state index in [1.807, 2.05) is 38.2 Å². The lowest BCUT2D eigenvalue weighted by molar-refractivity contribution is 0.234. The first-order valence-electron chi connectivity index (χ1n) is 7.00. The van der Waals surface area contributed by atoms with E-state index in [4.69, 9.17) is 4.74 Å². The summed E-state index contributed by atoms with van der Waals surface area (Å²) in [4.78, 5) is 11.7. The number of hydrogen-bond acceptors (Lipinski definition) is 4. The van der Waals surface area contributed by atoms with Gasteiger partial charge in [-0.25, -0.2) is 9.97 Å². The Morgan fingerprint density at radius 3 is 2.86 bits per heavy atom. The molecule has 3 aromatic rings. The maximum absolute atomic E-state index is 5.71. The summed E-state index contributed by atoms with van der Waals surface area (Å²) < 4.78 is 5.71. The summed E-state index contributed by atoms with van der Waals surface area (Å²) in [5, 5.41) is 4.50. The molecule has 5 nitrogen and oxygen atoms in total. The number of anilines is 1. The minimum Gasteiger partial charge on any atom is -0.473 e. The molecule has 0 fully saturated rings. The molecule has 0 amide bonds. The number of nitrogens with zero attached hydrogens (tertiary/aromatic N) is 2. The van der Waals surface area contributed by atoms with Crippen LogP contribution in [-0.2, 0) is 6.54 Å². The van der Waals surface area contributed by atoms with Crippen LogP contribution in [0.5, 0.6) is 5.88 Å². The molecule has 0 unspecified atom stereocenters. The van der Waals surface area contributed by atoms with Gasteiger partial charge in [-0.05, 0) is 43.7 Å². The summed E-state index contributed by atoms with van der Waals surface area (Å²) in [5.74, 6) is 0.630. The molecule has 0 bridgehead atoms. The van der Waals surface area contributed by atoms with Gasteiger partial charge in [0.1, 0.15) is 5.65 Å². The number of nitrogens with one attached hydrogen (secondary N) is 2. The lowest BCUT2D eigenvalue weighted by atomic mass is 10.2. The van der Waals surface area contributed by atoms with Gasteiger partial charge < -0.3 is 15.0 Å². The van der Waals surface area contributed by atoms with Crippen molar-refractivity contribution in [2.45, 2.75) is 26.5 Å². The summed E-state index contributed by atoms with van der Waals surface area (Å²) in [6.45, 7) is 4.67. The highest BCUT2D eigenvalue weighted by Crippen LogP contribution is 2.23. The second kappa shape index (κ2) is 5.83. The Labute approximate surface area is 123 Å². The first-order chi connectivity index (χ1) is 10.2. The molecule has 21 heavy (non-hydrogen) atoms. The monoisotopic (exact) mass is 282 g/mol. The van der Waals surface area contributed by atoms with Crippen LogP contribution in [0.4, 0.5) is 5.69 Å². The summed E-state index contributed by atoms with van der Waals surface area (Å²) in [6, 6.07) is 7.87. The van der Waals surface area contributed by atoms with Gasteiger partial charge in [-0.3, -0.25) is 0 Å². The molecular weight excluding hydrogens is 264 g/mol. The maximum Gasteiger partial charge on any atom is 0.237 e. The average molecular weight is 282 g/mol. The Balaban J connectivity index is 1.79. The zero-order valence-electron chi connectivity index (χ0n) is 12.1. The second-order valence-electron chi connectivity index (χ2n) is 5.09. The molecular formula is C16H18N4O. The van der Waals surface area contributed by atoms with E-state index in [9.17, 15) is 0 Å². The molecule has 0 aliphatic carbocycles. The number of fused-ring (bicyclic) bond motifs is 1. The van der Waals surface area contributed by atoms with Gasteiger partial charge in [-0.1, -0.05) is 0 Å². The molecule has 0 aromatic carbocycles. The number of ether oxygens (including phenoxy) is 1. The standard InChI is InChI=1S/C16H18N4O/c1-11(2)21-16-14(6-4-8-18-16)19-9-12-10-20-15-13(12)5-3-7-17-15/h3-8,10-11,19H,9H2,1-2H3,(H,17,20). The Kier molecular flexibility index (Phi) is 3.73. The number of aromatic amines is 1. The molecule has 0 aliphatic heterocycles. The van der Waals surface area contributed by atoms with Gasteiger partial charge in [-0.15, -0.1) is 0 Å². The Hall–Kier alpha value is -2.56. The van der Waals surface area contributed by atoms with Crippen molar-refractivity contribution in [3.63, 3.8) is 0 Å². The van der Waals surface area contributed by atoms with Crippen molar-refractivity contribution in [1.29, 1.82) is 0 Å². The molecule has 108 valence electrons. The molecule has 3 heterocycles. The van der Waals surface area contributed by atoms with Crippen LogP contribution in [0.25, 0.3) is 11.0 Å². The topological polar surface area (TPSA) is 62.8 Å². The van der Waals surface area contributed by atoms with Gasteiger partial charge in [0.15, 0.2) is 0 Å². The van der Waals surface area contributed by atoms with Gasteiger partial charge in [-0.2, -0.15) is 0 Å². The summed E-state index contributed by atoms with van der Waals surface area (Å²) in [7, 11) is 0. The molecule has 0 aliphatic rings. The lowest BCUT2D eigenvalue weighted by Crippen LogP contribution is -2.09. The fraction of sp³-hybridized carbons (Fsp3) is 0.250. The highest BCUT2D eigenvalue weighted by Gasteiger charge is 2.08. The summed E-state index contributed by atoms with van der Waals surface area (Å²) in [5.41, 5.74) is 2.96. The highest BCUT2D eigenvalue weighted by molar-refractivity contribution is 5.79. The van der Waals surface area contributed by atoms with Crippen LogP contribution in [0.15, 0.2) is 42.9 Å². The molecule has 5 heteroatoms. The van der Waals surface area contributed by atoms with E-state index in [2.05, 4.69) is 26.3 Å². The fourth-order valence-electron chi connectivity index (χ4n) is 2.19. The lowest BCUT2D eigenvalue weighted by Gasteiger charge is -2.13. The minimum absolute atomic E-state index is 0.0951. The molecule has 2 N–H and O–H groups in total. The van der Waals surface area contributed by atoms with Crippen LogP contribution in [0.3, 0.4) is 0 Å². The normalized spacial score (nSPS) is 11.0. The van der Waals surface area contributed by atoms with E-state index >= 15 is 0 Å². The zero-order valence-corrected chi connectivity index (χ0v) is 12.1. The zero-order chi connectivity index (χ0) is 14.7. The van der Waals surface area contributed by atoms with Crippen LogP contribution in [-0.4, -0.2) is 21.1 Å². The molecule has 0 spiro atoms. The predicted octanol–water partition coefficient (Wildman–Crippen LogP) is 3.36. The van der Waals surface area contributed by atoms with Gasteiger partial charge in [0.05, 0.1) is 11.8 Å². The van der Waals surface area contributed by atoms with Crippen molar-refractivity contribution in [2.24, 2.45) is 0 Å². The average Bonchev–Trinajstić information content (AvgIpc) is 2.89. The second-order valence-corrected chi connectivity index (χ2v) is 5.09. The van der Waals surface area contributed by atoms with Crippen LogP contribution < -0.4 is 10.1 Å². The van der Waals surface area contributed by atoms with Gasteiger partial charge in [0, 0.05) is 30.5 Å². The first kappa shape index (κ1) is 13.4. The largest absolute Gasteiger partial charge is 0.473 e. The summed E-state index contributed by atoms with van der Waals surface area (Å²) >= 11 is 0. The number of aromatic nitrogens is 3. The molecule has 3 rings (SSSR count). The van der Waals surface area contributed by atoms with Crippen molar-refractivity contribution in [3.8, 4) is 5.88 Å². The van der Waals surface area contributed by atoms with E-state index in [-0.39, 0.29) is 6.10 Å². The Morgan fingerprint density at radius 2 is 2.00 bits per heavy atom. The van der Waals surface area contributed by atoms with Crippen molar-refractivity contribution >= 4 is 16.7 Å². The van der Waals surface area contributed by atoms with Crippen molar-refractivity contribution in [1.82, 2.24) is 15.0 Å². The fourth-order valence-corrected chi connectivity index (χ4v) is 2.19. The smallest absolute Gasteiger partial charge is 0.237 e. The Bertz CT molecular complexity index is 736. The molecule has 3 aromatic heterocycles. The van der Waals surface area contributed by atoms with Crippen LogP contribution in [0, 0.1) is 0 Å². The number of H-pyrrole nitrogens is 1. The Morgan fingerprint density at radius 1 is 1.19 bits per heavy atom. The van der Waals surface area contributed by atoms with Gasteiger partial charge in [0.2, 0.25) is 5.88 Å². The van der Waals surface area contributed by atoms with E-state index in [0.29, 0.717) is 12.4 Å². The number of rotatable bonds is 5. The summed E-state index contributed by atoms with van der Waals surface area (Å²) in [6.07, 6.45) is 5.59. The third-order valence-corrected chi connectivity index (χ3v) is 3.12. The molecule has 0 atom stereocenters. The van der Waals surface area contributed by atoms with Crippen LogP contribution in [0.2, 0.25) is 0 Å². The maximum atomic E-state index is 5.71. The number of pyridine rings is 2. The van der Waals surface area contributed by atoms with Crippen LogP contribution >= 0.6 is 0 Å². The van der Waals surface area contributed by atoms with Crippen molar-refractivity contribution < 1.29 is 4.74 Å². The van der Waals surface area contributed by atoms with E-state index in [1.165, 1.54) is 0 Å². The number of hydrogen-bond donors (Lipinski definition) is 2. The first-order valence-corrected chi connectivity index (χ1v) is 7.00. The minimum atomic E-state index is 0.0951.